The molecule has 0 saturated heterocycles. The average Bonchev–Trinajstić information content (AvgIpc) is 2.05. The Bertz CT molecular complexity index is 243. The fourth-order valence-corrected chi connectivity index (χ4v) is 0.746. The summed E-state index contributed by atoms with van der Waals surface area (Å²) in [5, 5.41) is 7.34. The molecule has 1 rings (SSSR count). The molecule has 1 N–H and O–H groups in total. The van der Waals surface area contributed by atoms with Crippen LogP contribution in [0.1, 0.15) is 6.92 Å². The van der Waals surface area contributed by atoms with Crippen molar-refractivity contribution in [2.24, 2.45) is 0 Å². The van der Waals surface area contributed by atoms with Crippen molar-refractivity contribution in [1.29, 1.82) is 5.41 Å². The summed E-state index contributed by atoms with van der Waals surface area (Å²) in [6, 6.07) is 3.78. The molecule has 58 valence electrons. The molecule has 0 spiro atoms. The van der Waals surface area contributed by atoms with Crippen molar-refractivity contribution in [2.45, 2.75) is 6.92 Å². The molecule has 11 heavy (non-hydrogen) atoms. The fraction of sp³-hybridized carbons (Fsp3) is 0.250. The highest BCUT2D eigenvalue weighted by atomic mass is 15.1. The van der Waals surface area contributed by atoms with Gasteiger partial charge in [-0.05, 0) is 19.1 Å². The molecule has 0 unspecified atom stereocenters. The first kappa shape index (κ1) is 7.72. The number of hydrogen-bond acceptors (Lipinski definition) is 2. The maximum atomic E-state index is 7.34. The highest BCUT2D eigenvalue weighted by Crippen LogP contribution is 2.08. The van der Waals surface area contributed by atoms with Crippen molar-refractivity contribution in [3.05, 3.63) is 24.5 Å². The Balaban J connectivity index is 2.85. The first-order valence-electron chi connectivity index (χ1n) is 3.40. The number of anilines is 1. The predicted octanol–water partition coefficient (Wildman–Crippen LogP) is 1.51. The quantitative estimate of drug-likeness (QED) is 0.485. The number of hydrogen-bond donors (Lipinski definition) is 1. The molecular weight excluding hydrogens is 138 g/mol. The average molecular weight is 149 g/mol. The molecule has 0 saturated carbocycles. The van der Waals surface area contributed by atoms with Crippen LogP contribution in [0.25, 0.3) is 0 Å². The van der Waals surface area contributed by atoms with Crippen molar-refractivity contribution >= 4 is 11.5 Å². The van der Waals surface area contributed by atoms with Gasteiger partial charge in [-0.25, -0.2) is 0 Å². The zero-order valence-corrected chi connectivity index (χ0v) is 6.70. The molecule has 0 amide bonds. The molecular formula is C8H11N3. The van der Waals surface area contributed by atoms with E-state index in [-0.39, 0.29) is 0 Å². The maximum Gasteiger partial charge on any atom is 0.0968 e. The smallest absolute Gasteiger partial charge is 0.0968 e. The molecule has 0 bridgehead atoms. The van der Waals surface area contributed by atoms with E-state index in [2.05, 4.69) is 4.98 Å². The molecule has 0 aliphatic rings. The van der Waals surface area contributed by atoms with Crippen LogP contribution in [0.4, 0.5) is 5.69 Å². The van der Waals surface area contributed by atoms with Crippen LogP contribution in [-0.2, 0) is 0 Å². The molecule has 3 heteroatoms. The zero-order chi connectivity index (χ0) is 8.27. The van der Waals surface area contributed by atoms with Crippen molar-refractivity contribution < 1.29 is 0 Å². The standard InChI is InChI=1S/C8H11N3/c1-7(9)11(2)8-4-3-5-10-6-8/h3-6,9H,1-2H3. The number of amidine groups is 1. The third kappa shape index (κ3) is 1.77. The first-order chi connectivity index (χ1) is 5.22. The van der Waals surface area contributed by atoms with Gasteiger partial charge in [0.25, 0.3) is 0 Å². The van der Waals surface area contributed by atoms with Gasteiger partial charge < -0.3 is 4.90 Å². The maximum absolute atomic E-state index is 7.34. The normalized spacial score (nSPS) is 9.27. The molecule has 0 atom stereocenters. The summed E-state index contributed by atoms with van der Waals surface area (Å²) < 4.78 is 0. The van der Waals surface area contributed by atoms with E-state index in [4.69, 9.17) is 5.41 Å². The molecule has 3 nitrogen and oxygen atoms in total. The van der Waals surface area contributed by atoms with Crippen LogP contribution < -0.4 is 4.90 Å². The molecule has 0 radical (unpaired) electrons. The van der Waals surface area contributed by atoms with Gasteiger partial charge in [0.1, 0.15) is 0 Å². The van der Waals surface area contributed by atoms with Gasteiger partial charge >= 0.3 is 0 Å². The SMILES string of the molecule is CC(=N)N(C)c1cccnc1. The Hall–Kier alpha value is -1.38. The lowest BCUT2D eigenvalue weighted by Crippen LogP contribution is -2.21. The van der Waals surface area contributed by atoms with Gasteiger partial charge in [0, 0.05) is 13.2 Å². The zero-order valence-electron chi connectivity index (χ0n) is 6.70. The summed E-state index contributed by atoms with van der Waals surface area (Å²) >= 11 is 0. The van der Waals surface area contributed by atoms with Crippen LogP contribution in [0.2, 0.25) is 0 Å². The van der Waals surface area contributed by atoms with E-state index in [1.54, 1.807) is 24.2 Å². The minimum Gasteiger partial charge on any atom is -0.332 e. The number of pyridine rings is 1. The minimum absolute atomic E-state index is 0.512. The third-order valence-corrected chi connectivity index (χ3v) is 1.54. The second-order valence-electron chi connectivity index (χ2n) is 2.36. The lowest BCUT2D eigenvalue weighted by Gasteiger charge is -2.15. The Morgan fingerprint density at radius 1 is 1.64 bits per heavy atom. The second kappa shape index (κ2) is 3.14. The number of nitrogens with one attached hydrogen (secondary N) is 1. The van der Waals surface area contributed by atoms with Crippen molar-refractivity contribution in [2.75, 3.05) is 11.9 Å². The Morgan fingerprint density at radius 3 is 2.82 bits per heavy atom. The highest BCUT2D eigenvalue weighted by Gasteiger charge is 1.99. The molecule has 1 aromatic rings. The third-order valence-electron chi connectivity index (χ3n) is 1.54. The highest BCUT2D eigenvalue weighted by molar-refractivity contribution is 5.92. The number of aromatic nitrogens is 1. The van der Waals surface area contributed by atoms with Gasteiger partial charge in [0.05, 0.1) is 17.7 Å². The minimum atomic E-state index is 0.512. The van der Waals surface area contributed by atoms with E-state index < -0.39 is 0 Å². The van der Waals surface area contributed by atoms with E-state index in [9.17, 15) is 0 Å². The van der Waals surface area contributed by atoms with E-state index >= 15 is 0 Å². The summed E-state index contributed by atoms with van der Waals surface area (Å²) in [4.78, 5) is 5.72. The molecule has 0 aliphatic carbocycles. The van der Waals surface area contributed by atoms with Crippen LogP contribution in [-0.4, -0.2) is 17.9 Å². The second-order valence-corrected chi connectivity index (χ2v) is 2.36. The van der Waals surface area contributed by atoms with Gasteiger partial charge in [-0.1, -0.05) is 0 Å². The van der Waals surface area contributed by atoms with Crippen LogP contribution in [0.15, 0.2) is 24.5 Å². The Labute approximate surface area is 66.2 Å². The first-order valence-corrected chi connectivity index (χ1v) is 3.40. The topological polar surface area (TPSA) is 40.0 Å². The number of nitrogens with zero attached hydrogens (tertiary/aromatic N) is 2. The van der Waals surface area contributed by atoms with E-state index in [1.165, 1.54) is 0 Å². The molecule has 1 heterocycles. The summed E-state index contributed by atoms with van der Waals surface area (Å²) in [6.45, 7) is 1.74. The lowest BCUT2D eigenvalue weighted by molar-refractivity contribution is 1.18. The van der Waals surface area contributed by atoms with Gasteiger partial charge in [-0.3, -0.25) is 10.4 Å². The largest absolute Gasteiger partial charge is 0.332 e. The van der Waals surface area contributed by atoms with Crippen molar-refractivity contribution in [3.63, 3.8) is 0 Å². The van der Waals surface area contributed by atoms with Gasteiger partial charge in [0.15, 0.2) is 0 Å². The van der Waals surface area contributed by atoms with Gasteiger partial charge in [-0.2, -0.15) is 0 Å². The molecule has 0 aromatic carbocycles. The van der Waals surface area contributed by atoms with Crippen LogP contribution in [0.5, 0.6) is 0 Å². The van der Waals surface area contributed by atoms with E-state index in [0.717, 1.165) is 5.69 Å². The monoisotopic (exact) mass is 149 g/mol. The predicted molar refractivity (Wildman–Crippen MR) is 46.0 cm³/mol. The molecule has 1 aromatic heterocycles. The van der Waals surface area contributed by atoms with Gasteiger partial charge in [-0.15, -0.1) is 0 Å². The van der Waals surface area contributed by atoms with Crippen molar-refractivity contribution in [1.82, 2.24) is 4.98 Å². The summed E-state index contributed by atoms with van der Waals surface area (Å²) in [5.74, 6) is 0.512. The number of rotatable bonds is 1. The molecule has 0 fully saturated rings. The van der Waals surface area contributed by atoms with Gasteiger partial charge in [0.2, 0.25) is 0 Å². The summed E-state index contributed by atoms with van der Waals surface area (Å²) in [6.07, 6.45) is 3.45. The molecule has 0 aliphatic heterocycles. The summed E-state index contributed by atoms with van der Waals surface area (Å²) in [5.41, 5.74) is 0.944. The van der Waals surface area contributed by atoms with Crippen LogP contribution in [0, 0.1) is 5.41 Å². The summed E-state index contributed by atoms with van der Waals surface area (Å²) in [7, 11) is 1.85. The van der Waals surface area contributed by atoms with E-state index in [0.29, 0.717) is 5.84 Å². The Morgan fingerprint density at radius 2 is 2.36 bits per heavy atom. The lowest BCUT2D eigenvalue weighted by atomic mass is 10.4. The fourth-order valence-electron chi connectivity index (χ4n) is 0.746. The van der Waals surface area contributed by atoms with E-state index in [1.807, 2.05) is 19.2 Å². The Kier molecular flexibility index (Phi) is 2.21. The van der Waals surface area contributed by atoms with Crippen molar-refractivity contribution in [3.8, 4) is 0 Å². The van der Waals surface area contributed by atoms with Crippen LogP contribution in [0.3, 0.4) is 0 Å². The van der Waals surface area contributed by atoms with Crippen LogP contribution >= 0.6 is 0 Å².